The van der Waals surface area contributed by atoms with Crippen molar-refractivity contribution in [2.24, 2.45) is 0 Å². The average molecular weight is 353 g/mol. The Morgan fingerprint density at radius 1 is 1.33 bits per heavy atom. The van der Waals surface area contributed by atoms with Crippen LogP contribution in [0.3, 0.4) is 0 Å². The predicted molar refractivity (Wildman–Crippen MR) is 91.1 cm³/mol. The third-order valence-electron chi connectivity index (χ3n) is 3.33. The Hall–Kier alpha value is -2.39. The Kier molecular flexibility index (Phi) is 5.58. The maximum atomic E-state index is 11.8. The summed E-state index contributed by atoms with van der Waals surface area (Å²) in [4.78, 5) is 11.8. The molecule has 0 fully saturated rings. The van der Waals surface area contributed by atoms with Crippen LogP contribution in [0.4, 0.5) is 5.69 Å². The van der Waals surface area contributed by atoms with E-state index in [9.17, 15) is 13.2 Å². The summed E-state index contributed by atoms with van der Waals surface area (Å²) in [6.07, 6.45) is 2.47. The maximum absolute atomic E-state index is 11.8. The molecule has 2 aromatic rings. The molecule has 1 aliphatic rings. The van der Waals surface area contributed by atoms with Crippen LogP contribution in [0.2, 0.25) is 0 Å². The number of benzene rings is 1. The first-order chi connectivity index (χ1) is 11.3. The van der Waals surface area contributed by atoms with Crippen LogP contribution >= 0.6 is 0 Å². The van der Waals surface area contributed by atoms with Gasteiger partial charge in [-0.05, 0) is 25.0 Å². The van der Waals surface area contributed by atoms with Gasteiger partial charge >= 0.3 is 0 Å². The number of aromatic nitrogens is 2. The lowest BCUT2D eigenvalue weighted by Crippen LogP contribution is -2.24. The Morgan fingerprint density at radius 3 is 2.71 bits per heavy atom. The van der Waals surface area contributed by atoms with Crippen LogP contribution in [-0.4, -0.2) is 43.1 Å². The fraction of sp³-hybridized carbons (Fsp3) is 0.333. The maximum Gasteiger partial charge on any atom is 0.269 e. The molecule has 1 aliphatic heterocycles. The largest absolute Gasteiger partial charge is 0.497 e. The van der Waals surface area contributed by atoms with Crippen LogP contribution in [0.15, 0.2) is 29.1 Å². The van der Waals surface area contributed by atoms with Crippen molar-refractivity contribution >= 4 is 15.8 Å². The molecule has 9 heteroatoms. The van der Waals surface area contributed by atoms with E-state index in [4.69, 9.17) is 9.29 Å². The zero-order valence-corrected chi connectivity index (χ0v) is 14.2. The highest BCUT2D eigenvalue weighted by Crippen LogP contribution is 2.31. The molecule has 3 N–H and O–H groups in total. The van der Waals surface area contributed by atoms with Crippen molar-refractivity contribution < 1.29 is 17.7 Å². The van der Waals surface area contributed by atoms with Gasteiger partial charge in [0, 0.05) is 17.7 Å². The molecule has 2 heterocycles. The molecule has 1 aromatic carbocycles. The highest BCUT2D eigenvalue weighted by atomic mass is 32.2. The normalized spacial score (nSPS) is 13.1. The molecule has 0 saturated heterocycles. The predicted octanol–water partition coefficient (Wildman–Crippen LogP) is 1.31. The summed E-state index contributed by atoms with van der Waals surface area (Å²) in [5.74, 6) is 0.773. The molecule has 0 bridgehead atoms. The summed E-state index contributed by atoms with van der Waals surface area (Å²) >= 11 is 0. The van der Waals surface area contributed by atoms with Gasteiger partial charge in [-0.2, -0.15) is 13.5 Å². The minimum Gasteiger partial charge on any atom is -0.497 e. The molecule has 3 rings (SSSR count). The minimum absolute atomic E-state index is 0.103. The molecular weight excluding hydrogens is 334 g/mol. The molecule has 0 spiro atoms. The van der Waals surface area contributed by atoms with Crippen LogP contribution in [0.1, 0.15) is 12.0 Å². The number of fused-ring (bicyclic) bond motifs is 1. The number of ether oxygens (including phenoxy) is 1. The Labute approximate surface area is 139 Å². The highest BCUT2D eigenvalue weighted by molar-refractivity contribution is 7.85. The second-order valence-corrected chi connectivity index (χ2v) is 6.72. The van der Waals surface area contributed by atoms with E-state index < -0.39 is 10.1 Å². The molecule has 0 amide bonds. The number of H-pyrrole nitrogens is 1. The molecule has 24 heavy (non-hydrogen) atoms. The van der Waals surface area contributed by atoms with E-state index in [0.29, 0.717) is 6.26 Å². The zero-order valence-electron chi connectivity index (χ0n) is 13.4. The fourth-order valence-corrected chi connectivity index (χ4v) is 2.37. The van der Waals surface area contributed by atoms with E-state index in [2.05, 4.69) is 15.5 Å². The van der Waals surface area contributed by atoms with Gasteiger partial charge in [0.25, 0.3) is 15.7 Å². The van der Waals surface area contributed by atoms with Gasteiger partial charge in [-0.3, -0.25) is 9.35 Å². The van der Waals surface area contributed by atoms with E-state index in [0.717, 1.165) is 47.6 Å². The van der Waals surface area contributed by atoms with Gasteiger partial charge in [-0.15, -0.1) is 0 Å². The number of methoxy groups -OCH3 is 1. The first-order valence-corrected chi connectivity index (χ1v) is 9.06. The van der Waals surface area contributed by atoms with Gasteiger partial charge in [0.15, 0.2) is 0 Å². The molecule has 130 valence electrons. The molecule has 0 aliphatic carbocycles. The fourth-order valence-electron chi connectivity index (χ4n) is 2.37. The molecule has 0 radical (unpaired) electrons. The Bertz CT molecular complexity index is 869. The summed E-state index contributed by atoms with van der Waals surface area (Å²) in [7, 11) is -2.03. The molecule has 8 nitrogen and oxygen atoms in total. The smallest absolute Gasteiger partial charge is 0.269 e. The first kappa shape index (κ1) is 18.0. The Balaban J connectivity index is 0.000000368. The van der Waals surface area contributed by atoms with Gasteiger partial charge in [-0.1, -0.05) is 12.1 Å². The lowest BCUT2D eigenvalue weighted by atomic mass is 10.0. The first-order valence-electron chi connectivity index (χ1n) is 7.22. The summed E-state index contributed by atoms with van der Waals surface area (Å²) in [6.45, 7) is 0.870. The van der Waals surface area contributed by atoms with Crippen molar-refractivity contribution in [3.8, 4) is 17.0 Å². The van der Waals surface area contributed by atoms with Gasteiger partial charge in [0.05, 0.1) is 19.1 Å². The van der Waals surface area contributed by atoms with E-state index >= 15 is 0 Å². The number of nitrogens with zero attached hydrogens (tertiary/aromatic N) is 1. The lowest BCUT2D eigenvalue weighted by molar-refractivity contribution is 0.415. The third kappa shape index (κ3) is 4.80. The molecule has 0 unspecified atom stereocenters. The van der Waals surface area contributed by atoms with Crippen molar-refractivity contribution in [1.82, 2.24) is 10.2 Å². The number of hydrogen-bond donors (Lipinski definition) is 3. The standard InChI is InChI=1S/C14H15N3O2.CH4O3S/c1-19-10-5-2-4-9(8-10)12-13-11(6-3-7-15-13)14(18)17-16-12;1-5(2,3)4/h2,4-5,8,15H,3,6-7H2,1H3,(H,17,18);1H3,(H,2,3,4). The lowest BCUT2D eigenvalue weighted by Gasteiger charge is -2.19. The monoisotopic (exact) mass is 353 g/mol. The molecule has 0 saturated carbocycles. The molecular formula is C15H19N3O5S. The van der Waals surface area contributed by atoms with Crippen LogP contribution in [-0.2, 0) is 16.5 Å². The second-order valence-electron chi connectivity index (χ2n) is 5.25. The molecule has 0 atom stereocenters. The highest BCUT2D eigenvalue weighted by Gasteiger charge is 2.18. The number of hydrogen-bond acceptors (Lipinski definition) is 6. The van der Waals surface area contributed by atoms with Crippen LogP contribution < -0.4 is 15.6 Å². The van der Waals surface area contributed by atoms with E-state index in [1.807, 2.05) is 24.3 Å². The summed E-state index contributed by atoms with van der Waals surface area (Å²) in [5, 5.41) is 10.0. The minimum atomic E-state index is -3.67. The average Bonchev–Trinajstić information content (AvgIpc) is 2.54. The SMILES string of the molecule is COc1cccc(-c2n[nH]c(=O)c3c2NCCC3)c1.CS(=O)(=O)O. The van der Waals surface area contributed by atoms with Gasteiger partial charge < -0.3 is 10.1 Å². The van der Waals surface area contributed by atoms with Crippen LogP contribution in [0, 0.1) is 0 Å². The summed E-state index contributed by atoms with van der Waals surface area (Å²) in [6, 6.07) is 7.67. The number of nitrogens with one attached hydrogen (secondary N) is 2. The van der Waals surface area contributed by atoms with Crippen LogP contribution in [0.5, 0.6) is 5.75 Å². The third-order valence-corrected chi connectivity index (χ3v) is 3.33. The second kappa shape index (κ2) is 7.45. The molecule has 1 aromatic heterocycles. The number of anilines is 1. The van der Waals surface area contributed by atoms with E-state index in [1.54, 1.807) is 7.11 Å². The van der Waals surface area contributed by atoms with Gasteiger partial charge in [0.2, 0.25) is 0 Å². The zero-order chi connectivity index (χ0) is 17.7. The quantitative estimate of drug-likeness (QED) is 0.696. The van der Waals surface area contributed by atoms with Gasteiger partial charge in [0.1, 0.15) is 11.4 Å². The topological polar surface area (TPSA) is 121 Å². The van der Waals surface area contributed by atoms with Gasteiger partial charge in [-0.25, -0.2) is 5.10 Å². The van der Waals surface area contributed by atoms with E-state index in [1.165, 1.54) is 0 Å². The Morgan fingerprint density at radius 2 is 2.04 bits per heavy atom. The van der Waals surface area contributed by atoms with Crippen molar-refractivity contribution in [1.29, 1.82) is 0 Å². The summed E-state index contributed by atoms with van der Waals surface area (Å²) < 4.78 is 31.1. The number of aromatic amines is 1. The van der Waals surface area contributed by atoms with Crippen molar-refractivity contribution in [3.05, 3.63) is 40.2 Å². The van der Waals surface area contributed by atoms with Crippen molar-refractivity contribution in [3.63, 3.8) is 0 Å². The van der Waals surface area contributed by atoms with E-state index in [-0.39, 0.29) is 5.56 Å². The number of rotatable bonds is 2. The van der Waals surface area contributed by atoms with Crippen LogP contribution in [0.25, 0.3) is 11.3 Å². The summed E-state index contributed by atoms with van der Waals surface area (Å²) in [5.41, 5.74) is 3.24. The van der Waals surface area contributed by atoms with Crippen molar-refractivity contribution in [2.75, 3.05) is 25.2 Å². The van der Waals surface area contributed by atoms with Crippen molar-refractivity contribution in [2.45, 2.75) is 12.8 Å².